The Kier molecular flexibility index (Phi) is 7.44. The number of pyridine rings is 1. The number of amides is 1. The molecule has 0 N–H and O–H groups in total. The van der Waals surface area contributed by atoms with Crippen molar-refractivity contribution in [3.8, 4) is 0 Å². The molecule has 2 aromatic rings. The van der Waals surface area contributed by atoms with Crippen molar-refractivity contribution in [3.63, 3.8) is 0 Å². The molecule has 0 spiro atoms. The van der Waals surface area contributed by atoms with Gasteiger partial charge in [-0.3, -0.25) is 4.79 Å². The zero-order valence-corrected chi connectivity index (χ0v) is 19.1. The highest BCUT2D eigenvalue weighted by Gasteiger charge is 2.37. The molecule has 0 radical (unpaired) electrons. The van der Waals surface area contributed by atoms with E-state index in [0.29, 0.717) is 19.5 Å². The van der Waals surface area contributed by atoms with Crippen molar-refractivity contribution in [2.45, 2.75) is 45.3 Å². The molecule has 174 valence electrons. The van der Waals surface area contributed by atoms with Gasteiger partial charge in [-0.25, -0.2) is 4.98 Å². The van der Waals surface area contributed by atoms with Crippen LogP contribution in [0.2, 0.25) is 0 Å². The van der Waals surface area contributed by atoms with Gasteiger partial charge in [0.15, 0.2) is 0 Å². The third kappa shape index (κ3) is 5.79. The third-order valence-corrected chi connectivity index (χ3v) is 5.67. The molecule has 0 unspecified atom stereocenters. The number of aryl methyl sites for hydroxylation is 2. The van der Waals surface area contributed by atoms with Crippen molar-refractivity contribution in [2.24, 2.45) is 0 Å². The van der Waals surface area contributed by atoms with Crippen LogP contribution in [0.5, 0.6) is 0 Å². The summed E-state index contributed by atoms with van der Waals surface area (Å²) < 4.78 is 40.1. The van der Waals surface area contributed by atoms with E-state index in [2.05, 4.69) is 9.88 Å². The van der Waals surface area contributed by atoms with Crippen molar-refractivity contribution < 1.29 is 18.0 Å². The first-order valence-electron chi connectivity index (χ1n) is 10.9. The lowest BCUT2D eigenvalue weighted by Gasteiger charge is -2.32. The molecule has 1 aliphatic heterocycles. The lowest BCUT2D eigenvalue weighted by atomic mass is 10.1. The molecular weight excluding hydrogens is 417 g/mol. The van der Waals surface area contributed by atoms with E-state index in [0.717, 1.165) is 42.8 Å². The molecule has 1 atom stereocenters. The van der Waals surface area contributed by atoms with Gasteiger partial charge in [-0.05, 0) is 83.6 Å². The maximum atomic E-state index is 13.7. The largest absolute Gasteiger partial charge is 0.416 e. The summed E-state index contributed by atoms with van der Waals surface area (Å²) in [7, 11) is 3.97. The van der Waals surface area contributed by atoms with E-state index in [-0.39, 0.29) is 17.4 Å². The zero-order chi connectivity index (χ0) is 23.5. The molecule has 32 heavy (non-hydrogen) atoms. The van der Waals surface area contributed by atoms with Gasteiger partial charge in [0, 0.05) is 24.5 Å². The predicted molar refractivity (Wildman–Crippen MR) is 121 cm³/mol. The molecule has 2 heterocycles. The number of halogens is 3. The molecule has 0 saturated carbocycles. The van der Waals surface area contributed by atoms with Crippen LogP contribution in [-0.2, 0) is 11.0 Å². The number of carbonyl (C=O) groups is 1. The Morgan fingerprint density at radius 3 is 2.56 bits per heavy atom. The Balaban J connectivity index is 1.91. The summed E-state index contributed by atoms with van der Waals surface area (Å²) >= 11 is 0. The third-order valence-electron chi connectivity index (χ3n) is 5.67. The van der Waals surface area contributed by atoms with Crippen molar-refractivity contribution >= 4 is 17.4 Å². The molecule has 8 heteroatoms. The SMILES string of the molecule is Cc1cccc(N(CCCN(C)C)C(=O)[C@@H]2CCCN2c2cc(C(F)(F)F)cc(C)n2)c1. The summed E-state index contributed by atoms with van der Waals surface area (Å²) in [5.74, 6) is 0.120. The van der Waals surface area contributed by atoms with Crippen LogP contribution < -0.4 is 9.80 Å². The molecule has 0 bridgehead atoms. The van der Waals surface area contributed by atoms with Crippen LogP contribution in [0.25, 0.3) is 0 Å². The minimum absolute atomic E-state index is 0.0938. The number of anilines is 2. The number of alkyl halides is 3. The standard InChI is InChI=1S/C24H31F3N4O/c1-17-8-5-9-20(14-17)30(13-7-11-29(3)4)23(32)21-10-6-12-31(21)22-16-19(24(25,26)27)15-18(2)28-22/h5,8-9,14-16,21H,6-7,10-13H2,1-4H3/t21-/m0/s1. The van der Waals surface area contributed by atoms with E-state index in [1.807, 2.05) is 45.3 Å². The maximum absolute atomic E-state index is 13.7. The molecule has 1 saturated heterocycles. The van der Waals surface area contributed by atoms with E-state index in [4.69, 9.17) is 0 Å². The Morgan fingerprint density at radius 1 is 1.16 bits per heavy atom. The van der Waals surface area contributed by atoms with Crippen LogP contribution in [0.4, 0.5) is 24.7 Å². The number of hydrogen-bond acceptors (Lipinski definition) is 4. The first-order chi connectivity index (χ1) is 15.1. The van der Waals surface area contributed by atoms with Gasteiger partial charge in [0.05, 0.1) is 5.56 Å². The average molecular weight is 449 g/mol. The van der Waals surface area contributed by atoms with Gasteiger partial charge in [-0.1, -0.05) is 12.1 Å². The van der Waals surface area contributed by atoms with E-state index < -0.39 is 17.8 Å². The molecule has 1 aromatic carbocycles. The Morgan fingerprint density at radius 2 is 1.91 bits per heavy atom. The highest BCUT2D eigenvalue weighted by atomic mass is 19.4. The van der Waals surface area contributed by atoms with Gasteiger partial charge < -0.3 is 14.7 Å². The quantitative estimate of drug-likeness (QED) is 0.617. The number of aromatic nitrogens is 1. The highest BCUT2D eigenvalue weighted by Crippen LogP contribution is 2.34. The molecule has 1 fully saturated rings. The second-order valence-electron chi connectivity index (χ2n) is 8.69. The molecule has 1 aliphatic rings. The topological polar surface area (TPSA) is 39.7 Å². The van der Waals surface area contributed by atoms with Gasteiger partial charge in [-0.2, -0.15) is 13.2 Å². The normalized spacial score (nSPS) is 16.6. The van der Waals surface area contributed by atoms with Crippen LogP contribution >= 0.6 is 0 Å². The van der Waals surface area contributed by atoms with Crippen LogP contribution in [0, 0.1) is 13.8 Å². The maximum Gasteiger partial charge on any atom is 0.416 e. The van der Waals surface area contributed by atoms with Crippen molar-refractivity contribution in [1.82, 2.24) is 9.88 Å². The number of nitrogens with zero attached hydrogens (tertiary/aromatic N) is 4. The first kappa shape index (κ1) is 24.0. The van der Waals surface area contributed by atoms with Crippen molar-refractivity contribution in [2.75, 3.05) is 43.5 Å². The monoisotopic (exact) mass is 448 g/mol. The number of carbonyl (C=O) groups excluding carboxylic acids is 1. The molecule has 3 rings (SSSR count). The van der Waals surface area contributed by atoms with Gasteiger partial charge in [0.25, 0.3) is 0 Å². The lowest BCUT2D eigenvalue weighted by molar-refractivity contribution is -0.137. The molecule has 1 amide bonds. The van der Waals surface area contributed by atoms with Crippen LogP contribution in [-0.4, -0.2) is 55.6 Å². The van der Waals surface area contributed by atoms with E-state index >= 15 is 0 Å². The van der Waals surface area contributed by atoms with Gasteiger partial charge in [0.1, 0.15) is 11.9 Å². The molecule has 1 aromatic heterocycles. The number of rotatable bonds is 7. The lowest BCUT2D eigenvalue weighted by Crippen LogP contribution is -2.47. The number of benzene rings is 1. The molecule has 5 nitrogen and oxygen atoms in total. The zero-order valence-electron chi connectivity index (χ0n) is 19.1. The summed E-state index contributed by atoms with van der Waals surface area (Å²) in [5.41, 5.74) is 1.41. The van der Waals surface area contributed by atoms with E-state index in [9.17, 15) is 18.0 Å². The highest BCUT2D eigenvalue weighted by molar-refractivity contribution is 5.99. The van der Waals surface area contributed by atoms with Crippen molar-refractivity contribution in [1.29, 1.82) is 0 Å². The molecule has 0 aliphatic carbocycles. The van der Waals surface area contributed by atoms with Crippen LogP contribution in [0.1, 0.15) is 36.1 Å². The second kappa shape index (κ2) is 9.90. The summed E-state index contributed by atoms with van der Waals surface area (Å²) in [4.78, 5) is 23.6. The first-order valence-corrected chi connectivity index (χ1v) is 10.9. The van der Waals surface area contributed by atoms with E-state index in [1.54, 1.807) is 16.7 Å². The summed E-state index contributed by atoms with van der Waals surface area (Å²) in [5, 5.41) is 0. The molecular formula is C24H31F3N4O. The number of hydrogen-bond donors (Lipinski definition) is 0. The van der Waals surface area contributed by atoms with E-state index in [1.165, 1.54) is 0 Å². The minimum Gasteiger partial charge on any atom is -0.345 e. The Labute approximate surface area is 187 Å². The fourth-order valence-corrected chi connectivity index (χ4v) is 4.15. The Bertz CT molecular complexity index is 945. The fraction of sp³-hybridized carbons (Fsp3) is 0.500. The minimum atomic E-state index is -4.46. The average Bonchev–Trinajstić information content (AvgIpc) is 3.19. The summed E-state index contributed by atoms with van der Waals surface area (Å²) in [6.07, 6.45) is -2.35. The second-order valence-corrected chi connectivity index (χ2v) is 8.69. The van der Waals surface area contributed by atoms with Gasteiger partial charge >= 0.3 is 6.18 Å². The predicted octanol–water partition coefficient (Wildman–Crippen LogP) is 4.67. The summed E-state index contributed by atoms with van der Waals surface area (Å²) in [6.45, 7) is 5.40. The fourth-order valence-electron chi connectivity index (χ4n) is 4.15. The summed E-state index contributed by atoms with van der Waals surface area (Å²) in [6, 6.07) is 9.33. The van der Waals surface area contributed by atoms with Gasteiger partial charge in [0.2, 0.25) is 5.91 Å². The van der Waals surface area contributed by atoms with Crippen LogP contribution in [0.15, 0.2) is 36.4 Å². The van der Waals surface area contributed by atoms with Crippen molar-refractivity contribution in [3.05, 3.63) is 53.2 Å². The van der Waals surface area contributed by atoms with Crippen LogP contribution in [0.3, 0.4) is 0 Å². The van der Waals surface area contributed by atoms with Gasteiger partial charge in [-0.15, -0.1) is 0 Å². The smallest absolute Gasteiger partial charge is 0.345 e. The Hall–Kier alpha value is -2.61.